The van der Waals surface area contributed by atoms with Crippen molar-refractivity contribution in [3.8, 4) is 23.0 Å². The number of benzene rings is 3. The average Bonchev–Trinajstić information content (AvgIpc) is 2.76. The second-order valence-electron chi connectivity index (χ2n) is 6.74. The Kier molecular flexibility index (Phi) is 6.37. The minimum Gasteiger partial charge on any atom is -0.508 e. The third-order valence-electron chi connectivity index (χ3n) is 4.76. The lowest BCUT2D eigenvalue weighted by molar-refractivity contribution is 0.0815. The summed E-state index contributed by atoms with van der Waals surface area (Å²) in [5.41, 5.74) is 1.88. The number of carbonyl (C=O) groups is 2. The highest BCUT2D eigenvalue weighted by atomic mass is 16.5. The smallest absolute Gasteiger partial charge is 0.237 e. The summed E-state index contributed by atoms with van der Waals surface area (Å²) < 4.78 is 10.8. The van der Waals surface area contributed by atoms with Crippen LogP contribution in [0.1, 0.15) is 31.8 Å². The molecule has 2 N–H and O–H groups in total. The van der Waals surface area contributed by atoms with Gasteiger partial charge >= 0.3 is 0 Å². The maximum atomic E-state index is 12.9. The van der Waals surface area contributed by atoms with E-state index < -0.39 is 11.6 Å². The molecule has 0 bridgehead atoms. The first-order valence-electron chi connectivity index (χ1n) is 9.33. The molecule has 3 aromatic carbocycles. The second kappa shape index (κ2) is 9.13. The van der Waals surface area contributed by atoms with Crippen LogP contribution in [0.15, 0.2) is 60.7 Å². The Hall–Kier alpha value is -3.80. The Morgan fingerprint density at radius 2 is 1.43 bits per heavy atom. The van der Waals surface area contributed by atoms with E-state index in [2.05, 4.69) is 0 Å². The maximum absolute atomic E-state index is 12.9. The van der Waals surface area contributed by atoms with Crippen LogP contribution < -0.4 is 9.47 Å². The molecule has 6 heteroatoms. The highest BCUT2D eigenvalue weighted by Crippen LogP contribution is 2.31. The lowest BCUT2D eigenvalue weighted by Crippen LogP contribution is -2.16. The molecule has 6 nitrogen and oxygen atoms in total. The number of ether oxygens (including phenoxy) is 2. The number of aromatic hydroxyl groups is 2. The van der Waals surface area contributed by atoms with E-state index in [-0.39, 0.29) is 28.4 Å². The monoisotopic (exact) mass is 406 g/mol. The molecule has 0 aromatic heterocycles. The van der Waals surface area contributed by atoms with E-state index in [1.807, 2.05) is 6.07 Å². The summed E-state index contributed by atoms with van der Waals surface area (Å²) in [6.45, 7) is 0. The Balaban J connectivity index is 1.94. The standard InChI is InChI=1S/C24H22O6/c1-29-21-14-22(30-2)20(24(28)23(27)17-6-4-8-19(26)12-17)13-16(21)10-9-15-5-3-7-18(25)11-15/h3-8,11-14,25-26H,9-10H2,1-2H3. The van der Waals surface area contributed by atoms with Crippen molar-refractivity contribution in [3.63, 3.8) is 0 Å². The van der Waals surface area contributed by atoms with Gasteiger partial charge in [-0.05, 0) is 54.3 Å². The summed E-state index contributed by atoms with van der Waals surface area (Å²) in [6.07, 6.45) is 1.13. The van der Waals surface area contributed by atoms with Gasteiger partial charge in [0.1, 0.15) is 23.0 Å². The molecule has 30 heavy (non-hydrogen) atoms. The van der Waals surface area contributed by atoms with Crippen molar-refractivity contribution in [2.45, 2.75) is 12.8 Å². The van der Waals surface area contributed by atoms with Crippen molar-refractivity contribution in [2.75, 3.05) is 14.2 Å². The lowest BCUT2D eigenvalue weighted by atomic mass is 9.96. The number of rotatable bonds is 8. The van der Waals surface area contributed by atoms with E-state index in [1.54, 1.807) is 30.3 Å². The largest absolute Gasteiger partial charge is 0.508 e. The number of aryl methyl sites for hydroxylation is 2. The van der Waals surface area contributed by atoms with E-state index in [0.29, 0.717) is 18.6 Å². The molecule has 0 fully saturated rings. The summed E-state index contributed by atoms with van der Waals surface area (Å²) >= 11 is 0. The van der Waals surface area contributed by atoms with Gasteiger partial charge in [-0.1, -0.05) is 24.3 Å². The molecule has 0 aliphatic heterocycles. The van der Waals surface area contributed by atoms with Crippen LogP contribution in [0.4, 0.5) is 0 Å². The summed E-state index contributed by atoms with van der Waals surface area (Å²) in [5.74, 6) is -0.629. The predicted molar refractivity (Wildman–Crippen MR) is 112 cm³/mol. The zero-order chi connectivity index (χ0) is 21.7. The fraction of sp³-hybridized carbons (Fsp3) is 0.167. The molecule has 0 aliphatic rings. The molecule has 0 aliphatic carbocycles. The molecule has 0 heterocycles. The zero-order valence-corrected chi connectivity index (χ0v) is 16.7. The minimum absolute atomic E-state index is 0.0952. The van der Waals surface area contributed by atoms with E-state index >= 15 is 0 Å². The van der Waals surface area contributed by atoms with E-state index in [4.69, 9.17) is 9.47 Å². The van der Waals surface area contributed by atoms with Gasteiger partial charge in [0.15, 0.2) is 0 Å². The van der Waals surface area contributed by atoms with Gasteiger partial charge in [0, 0.05) is 11.6 Å². The van der Waals surface area contributed by atoms with Gasteiger partial charge in [0.05, 0.1) is 19.8 Å². The maximum Gasteiger partial charge on any atom is 0.237 e. The third-order valence-corrected chi connectivity index (χ3v) is 4.76. The van der Waals surface area contributed by atoms with Gasteiger partial charge in [0.2, 0.25) is 11.6 Å². The second-order valence-corrected chi connectivity index (χ2v) is 6.74. The van der Waals surface area contributed by atoms with Crippen LogP contribution in [-0.2, 0) is 12.8 Å². The molecule has 3 aromatic rings. The molecule has 154 valence electrons. The van der Waals surface area contributed by atoms with Gasteiger partial charge in [-0.15, -0.1) is 0 Å². The molecular weight excluding hydrogens is 384 g/mol. The van der Waals surface area contributed by atoms with Crippen LogP contribution in [-0.4, -0.2) is 36.0 Å². The van der Waals surface area contributed by atoms with Crippen molar-refractivity contribution in [3.05, 3.63) is 82.9 Å². The Labute approximate surface area is 174 Å². The molecule has 0 atom stereocenters. The number of carbonyl (C=O) groups excluding carboxylic acids is 2. The SMILES string of the molecule is COc1cc(OC)c(C(=O)C(=O)c2cccc(O)c2)cc1CCc1cccc(O)c1. The molecule has 0 radical (unpaired) electrons. The Morgan fingerprint density at radius 3 is 2.07 bits per heavy atom. The van der Waals surface area contributed by atoms with Gasteiger partial charge in [0.25, 0.3) is 0 Å². The van der Waals surface area contributed by atoms with Crippen molar-refractivity contribution >= 4 is 11.6 Å². The summed E-state index contributed by atoms with van der Waals surface area (Å²) in [5, 5.41) is 19.2. The number of hydrogen-bond acceptors (Lipinski definition) is 6. The van der Waals surface area contributed by atoms with Crippen LogP contribution in [0.25, 0.3) is 0 Å². The first-order chi connectivity index (χ1) is 14.4. The highest BCUT2D eigenvalue weighted by Gasteiger charge is 2.24. The number of phenolic OH excluding ortho intramolecular Hbond substituents is 2. The van der Waals surface area contributed by atoms with E-state index in [1.165, 1.54) is 38.5 Å². The van der Waals surface area contributed by atoms with Crippen molar-refractivity contribution in [2.24, 2.45) is 0 Å². The van der Waals surface area contributed by atoms with Crippen LogP contribution >= 0.6 is 0 Å². The third kappa shape index (κ3) is 4.60. The highest BCUT2D eigenvalue weighted by molar-refractivity contribution is 6.49. The molecule has 0 saturated heterocycles. The Morgan fingerprint density at radius 1 is 0.767 bits per heavy atom. The van der Waals surface area contributed by atoms with Crippen LogP contribution in [0.3, 0.4) is 0 Å². The first kappa shape index (κ1) is 20.9. The van der Waals surface area contributed by atoms with Crippen molar-refractivity contribution in [1.82, 2.24) is 0 Å². The van der Waals surface area contributed by atoms with Crippen LogP contribution in [0, 0.1) is 0 Å². The number of methoxy groups -OCH3 is 2. The summed E-state index contributed by atoms with van der Waals surface area (Å²) in [7, 11) is 2.93. The topological polar surface area (TPSA) is 93.1 Å². The fourth-order valence-electron chi connectivity index (χ4n) is 3.23. The number of ketones is 2. The van der Waals surface area contributed by atoms with Crippen molar-refractivity contribution < 1.29 is 29.3 Å². The zero-order valence-electron chi connectivity index (χ0n) is 16.7. The molecule has 0 saturated carbocycles. The van der Waals surface area contributed by atoms with Gasteiger partial charge in [-0.2, -0.15) is 0 Å². The number of hydrogen-bond donors (Lipinski definition) is 2. The molecule has 0 spiro atoms. The van der Waals surface area contributed by atoms with E-state index in [9.17, 15) is 19.8 Å². The number of Topliss-reactive ketones (excluding diaryl/α,β-unsaturated/α-hetero) is 2. The first-order valence-corrected chi connectivity index (χ1v) is 9.33. The number of phenols is 2. The van der Waals surface area contributed by atoms with Gasteiger partial charge in [-0.25, -0.2) is 0 Å². The fourth-order valence-corrected chi connectivity index (χ4v) is 3.23. The quantitative estimate of drug-likeness (QED) is 0.434. The predicted octanol–water partition coefficient (Wildman–Crippen LogP) is 3.97. The molecule has 3 rings (SSSR count). The Bertz CT molecular complexity index is 1090. The summed E-state index contributed by atoms with van der Waals surface area (Å²) in [6, 6.07) is 15.8. The van der Waals surface area contributed by atoms with Crippen LogP contribution in [0.5, 0.6) is 23.0 Å². The van der Waals surface area contributed by atoms with Crippen LogP contribution in [0.2, 0.25) is 0 Å². The molecular formula is C24H22O6. The lowest BCUT2D eigenvalue weighted by Gasteiger charge is -2.14. The van der Waals surface area contributed by atoms with Crippen molar-refractivity contribution in [1.29, 1.82) is 0 Å². The van der Waals surface area contributed by atoms with Gasteiger partial charge < -0.3 is 19.7 Å². The van der Waals surface area contributed by atoms with Gasteiger partial charge in [-0.3, -0.25) is 9.59 Å². The summed E-state index contributed by atoms with van der Waals surface area (Å²) in [4.78, 5) is 25.6. The minimum atomic E-state index is -0.742. The molecule has 0 amide bonds. The average molecular weight is 406 g/mol. The van der Waals surface area contributed by atoms with E-state index in [0.717, 1.165) is 11.1 Å². The molecule has 0 unspecified atom stereocenters. The normalized spacial score (nSPS) is 10.5.